The van der Waals surface area contributed by atoms with Crippen LogP contribution in [0.3, 0.4) is 0 Å². The maximum Gasteiger partial charge on any atom is 0.341 e. The molecule has 1 aromatic carbocycles. The number of carboxylic acids is 1. The molecule has 15 heavy (non-hydrogen) atoms. The number of aromatic nitrogens is 1. The van der Waals surface area contributed by atoms with Crippen molar-refractivity contribution in [3.05, 3.63) is 43.8 Å². The number of rotatable bonds is 1. The van der Waals surface area contributed by atoms with Gasteiger partial charge in [0.05, 0.1) is 0 Å². The number of benzene rings is 1. The highest BCUT2D eigenvalue weighted by molar-refractivity contribution is 14.1. The van der Waals surface area contributed by atoms with Gasteiger partial charge < -0.3 is 10.1 Å². The van der Waals surface area contributed by atoms with E-state index in [0.717, 1.165) is 8.96 Å². The fourth-order valence-corrected chi connectivity index (χ4v) is 1.85. The van der Waals surface area contributed by atoms with E-state index in [-0.39, 0.29) is 5.56 Å². The molecule has 0 atom stereocenters. The standard InChI is InChI=1S/C10H6INO3/c11-6-1-2-8-5(3-6)4-7(10(14)15)9(13)12-8/h1-4H,(H,12,13)(H,14,15). The molecule has 0 aliphatic carbocycles. The number of halogens is 1. The second-order valence-corrected chi connectivity index (χ2v) is 4.29. The van der Waals surface area contributed by atoms with Gasteiger partial charge in [-0.15, -0.1) is 0 Å². The first-order valence-corrected chi connectivity index (χ1v) is 5.21. The van der Waals surface area contributed by atoms with Crippen LogP contribution in [0.2, 0.25) is 0 Å². The smallest absolute Gasteiger partial charge is 0.341 e. The highest BCUT2D eigenvalue weighted by Crippen LogP contribution is 2.14. The lowest BCUT2D eigenvalue weighted by atomic mass is 10.1. The molecule has 0 bridgehead atoms. The first-order valence-electron chi connectivity index (χ1n) is 4.14. The largest absolute Gasteiger partial charge is 0.477 e. The third-order valence-corrected chi connectivity index (χ3v) is 2.71. The first-order chi connectivity index (χ1) is 7.08. The third-order valence-electron chi connectivity index (χ3n) is 2.04. The Balaban J connectivity index is 2.83. The summed E-state index contributed by atoms with van der Waals surface area (Å²) < 4.78 is 0.989. The molecular weight excluding hydrogens is 309 g/mol. The van der Waals surface area contributed by atoms with Gasteiger partial charge in [0, 0.05) is 14.5 Å². The Hall–Kier alpha value is -1.37. The van der Waals surface area contributed by atoms with E-state index >= 15 is 0 Å². The molecular formula is C10H6INO3. The van der Waals surface area contributed by atoms with E-state index < -0.39 is 11.5 Å². The molecule has 2 N–H and O–H groups in total. The molecule has 2 rings (SSSR count). The average molecular weight is 315 g/mol. The second kappa shape index (κ2) is 3.65. The zero-order valence-electron chi connectivity index (χ0n) is 7.45. The topological polar surface area (TPSA) is 70.2 Å². The quantitative estimate of drug-likeness (QED) is 0.789. The van der Waals surface area contributed by atoms with Crippen molar-refractivity contribution in [1.29, 1.82) is 0 Å². The minimum atomic E-state index is -1.21. The normalized spacial score (nSPS) is 10.5. The number of hydrogen-bond donors (Lipinski definition) is 2. The lowest BCUT2D eigenvalue weighted by Crippen LogP contribution is -2.16. The lowest BCUT2D eigenvalue weighted by Gasteiger charge is -2.00. The van der Waals surface area contributed by atoms with Gasteiger partial charge in [-0.1, -0.05) is 0 Å². The predicted octanol–water partition coefficient (Wildman–Crippen LogP) is 1.83. The molecule has 1 aromatic heterocycles. The highest BCUT2D eigenvalue weighted by atomic mass is 127. The van der Waals surface area contributed by atoms with Crippen molar-refractivity contribution in [2.75, 3.05) is 0 Å². The van der Waals surface area contributed by atoms with E-state index in [1.165, 1.54) is 6.07 Å². The molecule has 4 nitrogen and oxygen atoms in total. The summed E-state index contributed by atoms with van der Waals surface area (Å²) >= 11 is 2.13. The summed E-state index contributed by atoms with van der Waals surface area (Å²) in [6.45, 7) is 0. The number of carbonyl (C=O) groups is 1. The summed E-state index contributed by atoms with van der Waals surface area (Å²) in [7, 11) is 0. The number of H-pyrrole nitrogens is 1. The van der Waals surface area contributed by atoms with Crippen LogP contribution in [-0.4, -0.2) is 16.1 Å². The molecule has 0 unspecified atom stereocenters. The van der Waals surface area contributed by atoms with Gasteiger partial charge in [-0.2, -0.15) is 0 Å². The van der Waals surface area contributed by atoms with Crippen LogP contribution in [0.1, 0.15) is 10.4 Å². The molecule has 0 saturated heterocycles. The van der Waals surface area contributed by atoms with Crippen LogP contribution >= 0.6 is 22.6 Å². The molecule has 0 amide bonds. The van der Waals surface area contributed by atoms with Crippen LogP contribution in [0.5, 0.6) is 0 Å². The van der Waals surface area contributed by atoms with Crippen molar-refractivity contribution >= 4 is 39.5 Å². The Morgan fingerprint density at radius 3 is 2.73 bits per heavy atom. The maximum absolute atomic E-state index is 11.3. The monoisotopic (exact) mass is 315 g/mol. The van der Waals surface area contributed by atoms with E-state index in [1.807, 2.05) is 12.1 Å². The summed E-state index contributed by atoms with van der Waals surface area (Å²) in [5, 5.41) is 9.49. The molecule has 0 aliphatic rings. The van der Waals surface area contributed by atoms with Gasteiger partial charge >= 0.3 is 5.97 Å². The van der Waals surface area contributed by atoms with E-state index in [1.54, 1.807) is 6.07 Å². The number of carboxylic acid groups (broad SMARTS) is 1. The SMILES string of the molecule is O=C(O)c1cc2cc(I)ccc2[nH]c1=O. The number of pyridine rings is 1. The maximum atomic E-state index is 11.3. The van der Waals surface area contributed by atoms with Crippen LogP contribution in [0.25, 0.3) is 10.9 Å². The fourth-order valence-electron chi connectivity index (χ4n) is 1.34. The van der Waals surface area contributed by atoms with E-state index in [9.17, 15) is 9.59 Å². The zero-order chi connectivity index (χ0) is 11.0. The van der Waals surface area contributed by atoms with Crippen molar-refractivity contribution in [2.45, 2.75) is 0 Å². The van der Waals surface area contributed by atoms with Crippen molar-refractivity contribution < 1.29 is 9.90 Å². The van der Waals surface area contributed by atoms with Crippen molar-refractivity contribution in [1.82, 2.24) is 4.98 Å². The number of nitrogens with one attached hydrogen (secondary N) is 1. The summed E-state index contributed by atoms with van der Waals surface area (Å²) in [5.74, 6) is -1.21. The number of aromatic carboxylic acids is 1. The molecule has 1 heterocycles. The Morgan fingerprint density at radius 2 is 2.07 bits per heavy atom. The summed E-state index contributed by atoms with van der Waals surface area (Å²) in [6.07, 6.45) is 0. The van der Waals surface area contributed by atoms with Crippen LogP contribution in [0.4, 0.5) is 0 Å². The van der Waals surface area contributed by atoms with E-state index in [2.05, 4.69) is 27.6 Å². The van der Waals surface area contributed by atoms with E-state index in [4.69, 9.17) is 5.11 Å². The fraction of sp³-hybridized carbons (Fsp3) is 0. The summed E-state index contributed by atoms with van der Waals surface area (Å²) in [6, 6.07) is 6.81. The first kappa shape index (κ1) is 10.2. The van der Waals surface area contributed by atoms with Crippen LogP contribution in [0.15, 0.2) is 29.1 Å². The van der Waals surface area contributed by atoms with Gasteiger partial charge in [0.1, 0.15) is 5.56 Å². The highest BCUT2D eigenvalue weighted by Gasteiger charge is 2.09. The molecule has 0 saturated carbocycles. The van der Waals surface area contributed by atoms with Gasteiger partial charge in [-0.25, -0.2) is 4.79 Å². The minimum absolute atomic E-state index is 0.232. The number of hydrogen-bond acceptors (Lipinski definition) is 2. The van der Waals surface area contributed by atoms with Gasteiger partial charge in [0.15, 0.2) is 0 Å². The van der Waals surface area contributed by atoms with Gasteiger partial charge in [0.2, 0.25) is 0 Å². The average Bonchev–Trinajstić information content (AvgIpc) is 2.17. The second-order valence-electron chi connectivity index (χ2n) is 3.05. The van der Waals surface area contributed by atoms with Gasteiger partial charge in [0.25, 0.3) is 5.56 Å². The minimum Gasteiger partial charge on any atom is -0.477 e. The van der Waals surface area contributed by atoms with Gasteiger partial charge in [-0.05, 0) is 46.9 Å². The Labute approximate surface area is 98.1 Å². The molecule has 76 valence electrons. The molecule has 0 fully saturated rings. The Bertz CT molecular complexity index is 603. The predicted molar refractivity (Wildman–Crippen MR) is 64.2 cm³/mol. The Kier molecular flexibility index (Phi) is 2.47. The summed E-state index contributed by atoms with van der Waals surface area (Å²) in [5.41, 5.74) is -0.161. The van der Waals surface area contributed by atoms with Crippen LogP contribution in [0, 0.1) is 3.57 Å². The number of fused-ring (bicyclic) bond motifs is 1. The third kappa shape index (κ3) is 1.87. The molecule has 0 spiro atoms. The molecule has 0 radical (unpaired) electrons. The van der Waals surface area contributed by atoms with Crippen LogP contribution in [-0.2, 0) is 0 Å². The van der Waals surface area contributed by atoms with Gasteiger partial charge in [-0.3, -0.25) is 4.79 Å². The van der Waals surface area contributed by atoms with Crippen molar-refractivity contribution in [3.8, 4) is 0 Å². The van der Waals surface area contributed by atoms with Crippen molar-refractivity contribution in [3.63, 3.8) is 0 Å². The number of aromatic amines is 1. The van der Waals surface area contributed by atoms with E-state index in [0.29, 0.717) is 5.52 Å². The zero-order valence-corrected chi connectivity index (χ0v) is 9.61. The van der Waals surface area contributed by atoms with Crippen molar-refractivity contribution in [2.24, 2.45) is 0 Å². The van der Waals surface area contributed by atoms with Crippen LogP contribution < -0.4 is 5.56 Å². The summed E-state index contributed by atoms with van der Waals surface area (Å²) in [4.78, 5) is 24.6. The molecule has 5 heteroatoms. The molecule has 2 aromatic rings. The lowest BCUT2D eigenvalue weighted by molar-refractivity contribution is 0.0695. The Morgan fingerprint density at radius 1 is 1.33 bits per heavy atom. The molecule has 0 aliphatic heterocycles.